The van der Waals surface area contributed by atoms with Crippen LogP contribution in [0.25, 0.3) is 104 Å². The van der Waals surface area contributed by atoms with E-state index in [4.69, 9.17) is 0 Å². The van der Waals surface area contributed by atoms with Gasteiger partial charge in [-0.25, -0.2) is 0 Å². The molecule has 0 radical (unpaired) electrons. The van der Waals surface area contributed by atoms with E-state index in [1.54, 1.807) is 0 Å². The van der Waals surface area contributed by atoms with Gasteiger partial charge in [-0.2, -0.15) is 0 Å². The van der Waals surface area contributed by atoms with E-state index in [-0.39, 0.29) is 0 Å². The molecule has 0 aliphatic carbocycles. The highest BCUT2D eigenvalue weighted by Gasteiger charge is 2.25. The van der Waals surface area contributed by atoms with Gasteiger partial charge in [0.25, 0.3) is 0 Å². The van der Waals surface area contributed by atoms with Crippen LogP contribution in [-0.4, -0.2) is 4.57 Å². The Morgan fingerprint density at radius 2 is 0.742 bits per heavy atom. The zero-order valence-corrected chi connectivity index (χ0v) is 36.1. The molecule has 0 unspecified atom stereocenters. The molecule has 0 aliphatic heterocycles. The van der Waals surface area contributed by atoms with Gasteiger partial charge in [-0.05, 0) is 120 Å². The third-order valence-corrected chi connectivity index (χ3v) is 13.5. The summed E-state index contributed by atoms with van der Waals surface area (Å²) >= 11 is 0. The van der Waals surface area contributed by atoms with E-state index in [1.807, 2.05) is 0 Å². The van der Waals surface area contributed by atoms with Crippen molar-refractivity contribution in [2.24, 2.45) is 0 Å². The predicted octanol–water partition coefficient (Wildman–Crippen LogP) is 17.9. The van der Waals surface area contributed by atoms with E-state index in [2.05, 4.69) is 264 Å². The first-order valence-corrected chi connectivity index (χ1v) is 22.8. The summed E-state index contributed by atoms with van der Waals surface area (Å²) in [4.78, 5) is 2.48. The van der Waals surface area contributed by atoms with Crippen molar-refractivity contribution in [1.82, 2.24) is 4.57 Å². The number of hydrogen-bond donors (Lipinski definition) is 0. The smallest absolute Gasteiger partial charge is 0.0640 e. The summed E-state index contributed by atoms with van der Waals surface area (Å²) < 4.78 is 2.55. The van der Waals surface area contributed by atoms with Crippen molar-refractivity contribution < 1.29 is 0 Å². The van der Waals surface area contributed by atoms with Gasteiger partial charge in [-0.1, -0.05) is 206 Å². The molecule has 0 saturated heterocycles. The van der Waals surface area contributed by atoms with Crippen LogP contribution in [0, 0.1) is 0 Å². The number of anilines is 3. The van der Waals surface area contributed by atoms with Crippen molar-refractivity contribution in [1.29, 1.82) is 0 Å². The molecule has 1 aromatic heterocycles. The zero-order chi connectivity index (χ0) is 43.6. The zero-order valence-electron chi connectivity index (χ0n) is 36.1. The standard InChI is InChI=1S/C64H42N2/c1-4-17-43(18-5-1)46-31-34-50(35-32-46)65(51-25-16-24-47(39-51)44-19-6-2-7-20-44)62-41-49-23-10-11-26-53(49)64-63(62)59-37-33-48(45-21-8-3-9-22-45)40-61(59)66(64)52-36-38-58-56-29-13-12-27-54(56)55-28-14-15-30-57(55)60(58)42-52/h1-42H. The van der Waals surface area contributed by atoms with Gasteiger partial charge in [0.1, 0.15) is 0 Å². The Morgan fingerprint density at radius 3 is 1.38 bits per heavy atom. The normalized spacial score (nSPS) is 11.6. The Balaban J connectivity index is 1.15. The predicted molar refractivity (Wildman–Crippen MR) is 282 cm³/mol. The molecule has 0 atom stereocenters. The maximum atomic E-state index is 2.55. The quantitative estimate of drug-likeness (QED) is 0.145. The molecule has 12 aromatic carbocycles. The second-order valence-corrected chi connectivity index (χ2v) is 17.3. The third kappa shape index (κ3) is 6.18. The number of fused-ring (bicyclic) bond motifs is 11. The van der Waals surface area contributed by atoms with Gasteiger partial charge in [0.05, 0.1) is 16.7 Å². The van der Waals surface area contributed by atoms with Crippen molar-refractivity contribution in [2.45, 2.75) is 0 Å². The Morgan fingerprint density at radius 1 is 0.273 bits per heavy atom. The van der Waals surface area contributed by atoms with Gasteiger partial charge in [-0.3, -0.25) is 0 Å². The molecule has 2 nitrogen and oxygen atoms in total. The Hall–Kier alpha value is -8.72. The summed E-state index contributed by atoms with van der Waals surface area (Å²) in [5.41, 5.74) is 13.9. The first-order valence-electron chi connectivity index (χ1n) is 22.8. The molecule has 0 aliphatic rings. The minimum atomic E-state index is 1.09. The first-order chi connectivity index (χ1) is 32.7. The van der Waals surface area contributed by atoms with Crippen molar-refractivity contribution in [3.63, 3.8) is 0 Å². The van der Waals surface area contributed by atoms with Crippen LogP contribution in [0.2, 0.25) is 0 Å². The molecule has 308 valence electrons. The summed E-state index contributed by atoms with van der Waals surface area (Å²) in [6.07, 6.45) is 0. The molecule has 2 heteroatoms. The summed E-state index contributed by atoms with van der Waals surface area (Å²) in [5.74, 6) is 0. The maximum Gasteiger partial charge on any atom is 0.0640 e. The third-order valence-electron chi connectivity index (χ3n) is 13.5. The van der Waals surface area contributed by atoms with E-state index in [0.717, 1.165) is 28.3 Å². The van der Waals surface area contributed by atoms with E-state index >= 15 is 0 Å². The highest BCUT2D eigenvalue weighted by atomic mass is 15.1. The van der Waals surface area contributed by atoms with Crippen molar-refractivity contribution in [3.05, 3.63) is 255 Å². The van der Waals surface area contributed by atoms with E-state index in [0.29, 0.717) is 0 Å². The van der Waals surface area contributed by atoms with Crippen LogP contribution in [0.5, 0.6) is 0 Å². The molecule has 0 amide bonds. The number of benzene rings is 12. The second kappa shape index (κ2) is 15.5. The van der Waals surface area contributed by atoms with Crippen LogP contribution in [-0.2, 0) is 0 Å². The number of nitrogens with zero attached hydrogens (tertiary/aromatic N) is 2. The molecule has 0 saturated carbocycles. The van der Waals surface area contributed by atoms with Gasteiger partial charge in [0, 0.05) is 33.2 Å². The highest BCUT2D eigenvalue weighted by molar-refractivity contribution is 6.27. The lowest BCUT2D eigenvalue weighted by Gasteiger charge is -2.28. The van der Waals surface area contributed by atoms with Crippen LogP contribution in [0.3, 0.4) is 0 Å². The van der Waals surface area contributed by atoms with Crippen molar-refractivity contribution in [3.8, 4) is 39.1 Å². The SMILES string of the molecule is c1ccc(-c2ccc(N(c3cccc(-c4ccccc4)c3)c3cc4ccccc4c4c3c3ccc(-c5ccccc5)cc3n4-c3ccc4c5ccccc5c5ccccc5c4c3)cc2)cc1. The molecule has 0 bridgehead atoms. The van der Waals surface area contributed by atoms with E-state index in [9.17, 15) is 0 Å². The average molecular weight is 839 g/mol. The maximum absolute atomic E-state index is 2.55. The van der Waals surface area contributed by atoms with Crippen molar-refractivity contribution >= 4 is 82.0 Å². The van der Waals surface area contributed by atoms with Crippen LogP contribution < -0.4 is 4.90 Å². The van der Waals surface area contributed by atoms with Gasteiger partial charge < -0.3 is 9.47 Å². The fourth-order valence-electron chi connectivity index (χ4n) is 10.5. The Bertz CT molecular complexity index is 3930. The fraction of sp³-hybridized carbons (Fsp3) is 0. The van der Waals surface area contributed by atoms with Crippen LogP contribution in [0.15, 0.2) is 255 Å². The molecule has 1 heterocycles. The minimum Gasteiger partial charge on any atom is -0.310 e. The summed E-state index contributed by atoms with van der Waals surface area (Å²) in [6.45, 7) is 0. The summed E-state index contributed by atoms with van der Waals surface area (Å²) in [5, 5.41) is 12.3. The Labute approximate surface area is 383 Å². The number of hydrogen-bond acceptors (Lipinski definition) is 1. The number of rotatable bonds is 7. The van der Waals surface area contributed by atoms with E-state index in [1.165, 1.54) is 92.8 Å². The molecule has 0 spiro atoms. The molecule has 0 fully saturated rings. The topological polar surface area (TPSA) is 8.17 Å². The highest BCUT2D eigenvalue weighted by Crippen LogP contribution is 2.49. The lowest BCUT2D eigenvalue weighted by molar-refractivity contribution is 1.19. The molecule has 0 N–H and O–H groups in total. The minimum absolute atomic E-state index is 1.09. The summed E-state index contributed by atoms with van der Waals surface area (Å²) in [7, 11) is 0. The lowest BCUT2D eigenvalue weighted by Crippen LogP contribution is -2.11. The second-order valence-electron chi connectivity index (χ2n) is 17.3. The molecule has 13 rings (SSSR count). The number of aromatic nitrogens is 1. The molecular weight excluding hydrogens is 797 g/mol. The largest absolute Gasteiger partial charge is 0.310 e. The Kier molecular flexibility index (Phi) is 8.89. The van der Waals surface area contributed by atoms with Crippen LogP contribution >= 0.6 is 0 Å². The van der Waals surface area contributed by atoms with Gasteiger partial charge >= 0.3 is 0 Å². The lowest BCUT2D eigenvalue weighted by atomic mass is 9.94. The summed E-state index contributed by atoms with van der Waals surface area (Å²) in [6, 6.07) is 93.4. The average Bonchev–Trinajstić information content (AvgIpc) is 3.75. The molecule has 13 aromatic rings. The van der Waals surface area contributed by atoms with Crippen LogP contribution in [0.1, 0.15) is 0 Å². The first kappa shape index (κ1) is 37.8. The van der Waals surface area contributed by atoms with Gasteiger partial charge in [-0.15, -0.1) is 0 Å². The molecule has 66 heavy (non-hydrogen) atoms. The van der Waals surface area contributed by atoms with Crippen molar-refractivity contribution in [2.75, 3.05) is 4.90 Å². The van der Waals surface area contributed by atoms with E-state index < -0.39 is 0 Å². The fourth-order valence-corrected chi connectivity index (χ4v) is 10.5. The van der Waals surface area contributed by atoms with Crippen LogP contribution in [0.4, 0.5) is 17.1 Å². The van der Waals surface area contributed by atoms with Gasteiger partial charge in [0.2, 0.25) is 0 Å². The van der Waals surface area contributed by atoms with Gasteiger partial charge in [0.15, 0.2) is 0 Å². The molecular formula is C64H42N2. The monoisotopic (exact) mass is 838 g/mol.